The average molecular weight is 492 g/mol. The standard InChI is InChI=1S/C29H37N3O4/c1-5-7-10-18-31-27(33)25(28(34)35-6-2)26(32-24-12-9-8-11-23(24)30-29(31)32)21-13-15-22(16-14-21)36-19-17-20(3)4/h8-9,11-16,20,25-26H,5-7,10,17-19H2,1-4H3/t25-,26+/m1/s1. The molecule has 0 spiro atoms. The second-order valence-corrected chi connectivity index (χ2v) is 9.74. The van der Waals surface area contributed by atoms with Crippen molar-refractivity contribution in [2.75, 3.05) is 24.7 Å². The largest absolute Gasteiger partial charge is 0.494 e. The lowest BCUT2D eigenvalue weighted by Gasteiger charge is -2.38. The summed E-state index contributed by atoms with van der Waals surface area (Å²) < 4.78 is 13.4. The zero-order valence-corrected chi connectivity index (χ0v) is 21.8. The molecule has 1 amide bonds. The number of rotatable bonds is 11. The second-order valence-electron chi connectivity index (χ2n) is 9.74. The fourth-order valence-corrected chi connectivity index (χ4v) is 4.75. The van der Waals surface area contributed by atoms with Crippen LogP contribution in [-0.2, 0) is 14.3 Å². The molecule has 0 unspecified atom stereocenters. The molecular formula is C29H37N3O4. The number of unbranched alkanes of at least 4 members (excludes halogenated alkanes) is 2. The summed E-state index contributed by atoms with van der Waals surface area (Å²) in [4.78, 5) is 33.7. The number of anilines is 1. The van der Waals surface area contributed by atoms with E-state index in [9.17, 15) is 9.59 Å². The van der Waals surface area contributed by atoms with Crippen LogP contribution in [0.25, 0.3) is 11.0 Å². The minimum absolute atomic E-state index is 0.214. The Labute approximate surface area is 213 Å². The highest BCUT2D eigenvalue weighted by molar-refractivity contribution is 6.08. The quantitative estimate of drug-likeness (QED) is 0.193. The molecule has 0 bridgehead atoms. The van der Waals surface area contributed by atoms with Gasteiger partial charge in [0.05, 0.1) is 30.3 Å². The van der Waals surface area contributed by atoms with Gasteiger partial charge in [0.2, 0.25) is 11.9 Å². The predicted octanol–water partition coefficient (Wildman–Crippen LogP) is 5.77. The van der Waals surface area contributed by atoms with Crippen LogP contribution in [0.3, 0.4) is 0 Å². The molecule has 1 aliphatic heterocycles. The van der Waals surface area contributed by atoms with Gasteiger partial charge in [0.15, 0.2) is 5.92 Å². The number of hydrogen-bond acceptors (Lipinski definition) is 5. The molecule has 0 fully saturated rings. The lowest BCUT2D eigenvalue weighted by atomic mass is 9.89. The second kappa shape index (κ2) is 11.6. The normalized spacial score (nSPS) is 17.5. The summed E-state index contributed by atoms with van der Waals surface area (Å²) in [5, 5.41) is 0. The van der Waals surface area contributed by atoms with E-state index < -0.39 is 17.9 Å². The average Bonchev–Trinajstić information content (AvgIpc) is 3.24. The molecule has 0 radical (unpaired) electrons. The van der Waals surface area contributed by atoms with Crippen molar-refractivity contribution in [1.29, 1.82) is 0 Å². The van der Waals surface area contributed by atoms with Gasteiger partial charge in [-0.3, -0.25) is 14.5 Å². The predicted molar refractivity (Wildman–Crippen MR) is 141 cm³/mol. The number of carbonyl (C=O) groups is 2. The minimum atomic E-state index is -0.996. The Bertz CT molecular complexity index is 1180. The van der Waals surface area contributed by atoms with Crippen LogP contribution in [0.5, 0.6) is 5.75 Å². The maximum atomic E-state index is 13.9. The molecule has 0 saturated heterocycles. The number of hydrogen-bond donors (Lipinski definition) is 0. The molecule has 1 aliphatic rings. The van der Waals surface area contributed by atoms with E-state index >= 15 is 0 Å². The summed E-state index contributed by atoms with van der Waals surface area (Å²) in [6, 6.07) is 15.0. The van der Waals surface area contributed by atoms with Crippen molar-refractivity contribution >= 4 is 28.9 Å². The van der Waals surface area contributed by atoms with Crippen molar-refractivity contribution in [3.05, 3.63) is 54.1 Å². The highest BCUT2D eigenvalue weighted by atomic mass is 16.5. The van der Waals surface area contributed by atoms with E-state index in [-0.39, 0.29) is 12.5 Å². The third-order valence-electron chi connectivity index (χ3n) is 6.66. The number of benzene rings is 2. The Morgan fingerprint density at radius 3 is 2.50 bits per heavy atom. The molecule has 3 aromatic rings. The maximum Gasteiger partial charge on any atom is 0.321 e. The van der Waals surface area contributed by atoms with Gasteiger partial charge in [0, 0.05) is 6.54 Å². The first-order valence-electron chi connectivity index (χ1n) is 13.1. The van der Waals surface area contributed by atoms with E-state index in [1.807, 2.05) is 53.1 Å². The highest BCUT2D eigenvalue weighted by Gasteiger charge is 2.47. The third-order valence-corrected chi connectivity index (χ3v) is 6.66. The SMILES string of the molecule is CCCCCN1C(=O)[C@H](C(=O)OCC)[C@H](c2ccc(OCCC(C)C)cc2)n2c1nc1ccccc12. The number of carbonyl (C=O) groups excluding carboxylic acids is 2. The molecule has 0 saturated carbocycles. The van der Waals surface area contributed by atoms with E-state index in [1.54, 1.807) is 11.8 Å². The number of aromatic nitrogens is 2. The molecule has 7 heteroatoms. The number of imidazole rings is 1. The Kier molecular flexibility index (Phi) is 8.28. The van der Waals surface area contributed by atoms with Crippen LogP contribution >= 0.6 is 0 Å². The van der Waals surface area contributed by atoms with Crippen LogP contribution < -0.4 is 9.64 Å². The fraction of sp³-hybridized carbons (Fsp3) is 0.483. The summed E-state index contributed by atoms with van der Waals surface area (Å²) >= 11 is 0. The first-order chi connectivity index (χ1) is 17.5. The minimum Gasteiger partial charge on any atom is -0.494 e. The molecule has 0 N–H and O–H groups in total. The van der Waals surface area contributed by atoms with Gasteiger partial charge >= 0.3 is 5.97 Å². The van der Waals surface area contributed by atoms with Crippen LogP contribution in [0.1, 0.15) is 65.0 Å². The van der Waals surface area contributed by atoms with Crippen molar-refractivity contribution in [3.8, 4) is 5.75 Å². The molecule has 7 nitrogen and oxygen atoms in total. The summed E-state index contributed by atoms with van der Waals surface area (Å²) in [5.41, 5.74) is 2.52. The van der Waals surface area contributed by atoms with Crippen LogP contribution in [0, 0.1) is 11.8 Å². The van der Waals surface area contributed by atoms with E-state index in [0.29, 0.717) is 25.0 Å². The topological polar surface area (TPSA) is 73.7 Å². The van der Waals surface area contributed by atoms with Crippen LogP contribution in [0.15, 0.2) is 48.5 Å². The van der Waals surface area contributed by atoms with Gasteiger partial charge in [0.1, 0.15) is 5.75 Å². The van der Waals surface area contributed by atoms with Gasteiger partial charge < -0.3 is 14.0 Å². The van der Waals surface area contributed by atoms with Gasteiger partial charge in [0.25, 0.3) is 0 Å². The van der Waals surface area contributed by atoms with Crippen LogP contribution in [0.4, 0.5) is 5.95 Å². The Morgan fingerprint density at radius 1 is 1.06 bits per heavy atom. The van der Waals surface area contributed by atoms with Gasteiger partial charge in [-0.05, 0) is 55.5 Å². The van der Waals surface area contributed by atoms with Gasteiger partial charge in [-0.15, -0.1) is 0 Å². The number of para-hydroxylation sites is 2. The summed E-state index contributed by atoms with van der Waals surface area (Å²) in [6.45, 7) is 9.60. The van der Waals surface area contributed by atoms with E-state index in [0.717, 1.165) is 48.0 Å². The maximum absolute atomic E-state index is 13.9. The summed E-state index contributed by atoms with van der Waals surface area (Å²) in [7, 11) is 0. The van der Waals surface area contributed by atoms with E-state index in [4.69, 9.17) is 14.5 Å². The first-order valence-corrected chi connectivity index (χ1v) is 13.1. The first kappa shape index (κ1) is 25.7. The lowest BCUT2D eigenvalue weighted by Crippen LogP contribution is -2.50. The van der Waals surface area contributed by atoms with Crippen molar-refractivity contribution in [2.24, 2.45) is 11.8 Å². The van der Waals surface area contributed by atoms with E-state index in [2.05, 4.69) is 20.8 Å². The summed E-state index contributed by atoms with van der Waals surface area (Å²) in [5.74, 6) is 0.162. The third kappa shape index (κ3) is 5.25. The monoisotopic (exact) mass is 491 g/mol. The molecule has 2 atom stereocenters. The zero-order chi connectivity index (χ0) is 25.7. The number of ether oxygens (including phenoxy) is 2. The highest BCUT2D eigenvalue weighted by Crippen LogP contribution is 2.41. The van der Waals surface area contributed by atoms with Gasteiger partial charge in [-0.2, -0.15) is 0 Å². The molecule has 4 rings (SSSR count). The smallest absolute Gasteiger partial charge is 0.321 e. The Hall–Kier alpha value is -3.35. The molecule has 36 heavy (non-hydrogen) atoms. The molecule has 2 aromatic carbocycles. The van der Waals surface area contributed by atoms with Crippen molar-refractivity contribution in [1.82, 2.24) is 9.55 Å². The number of esters is 1. The van der Waals surface area contributed by atoms with Crippen molar-refractivity contribution in [2.45, 2.75) is 59.4 Å². The number of amides is 1. The number of fused-ring (bicyclic) bond motifs is 3. The fourth-order valence-electron chi connectivity index (χ4n) is 4.75. The molecule has 2 heterocycles. The Balaban J connectivity index is 1.79. The van der Waals surface area contributed by atoms with E-state index in [1.165, 1.54) is 0 Å². The molecule has 1 aromatic heterocycles. The van der Waals surface area contributed by atoms with Crippen LogP contribution in [0.2, 0.25) is 0 Å². The van der Waals surface area contributed by atoms with Crippen molar-refractivity contribution < 1.29 is 19.1 Å². The van der Waals surface area contributed by atoms with Gasteiger partial charge in [-0.1, -0.05) is 57.9 Å². The van der Waals surface area contributed by atoms with Crippen LogP contribution in [-0.4, -0.2) is 41.2 Å². The molecule has 0 aliphatic carbocycles. The zero-order valence-electron chi connectivity index (χ0n) is 21.8. The summed E-state index contributed by atoms with van der Waals surface area (Å²) in [6.07, 6.45) is 3.85. The molecular weight excluding hydrogens is 454 g/mol. The Morgan fingerprint density at radius 2 is 1.81 bits per heavy atom. The molecule has 192 valence electrons. The van der Waals surface area contributed by atoms with Crippen molar-refractivity contribution in [3.63, 3.8) is 0 Å². The van der Waals surface area contributed by atoms with Gasteiger partial charge in [-0.25, -0.2) is 4.98 Å². The lowest BCUT2D eigenvalue weighted by molar-refractivity contribution is -0.153. The number of nitrogens with zero attached hydrogens (tertiary/aromatic N) is 3.